The molecule has 2 atom stereocenters. The lowest BCUT2D eigenvalue weighted by Crippen LogP contribution is -2.36. The molecule has 0 aliphatic heterocycles. The Morgan fingerprint density at radius 1 is 0.793 bits per heavy atom. The van der Waals surface area contributed by atoms with Crippen molar-refractivity contribution >= 4 is 11.8 Å². The molecule has 2 amide bonds. The monoisotopic (exact) mass is 416 g/mol. The highest BCUT2D eigenvalue weighted by Crippen LogP contribution is 2.14. The summed E-state index contributed by atoms with van der Waals surface area (Å²) in [4.78, 5) is 23.2. The van der Waals surface area contributed by atoms with Gasteiger partial charge in [-0.1, -0.05) is 33.6 Å². The molecule has 0 aliphatic rings. The number of amides is 2. The van der Waals surface area contributed by atoms with Crippen LogP contribution in [0.25, 0.3) is 0 Å². The van der Waals surface area contributed by atoms with Gasteiger partial charge in [0.1, 0.15) is 0 Å². The van der Waals surface area contributed by atoms with Crippen LogP contribution in [0.3, 0.4) is 0 Å². The number of carbonyl (C=O) groups is 2. The summed E-state index contributed by atoms with van der Waals surface area (Å²) < 4.78 is 16.1. The number of hydrogen-bond acceptors (Lipinski definition) is 5. The van der Waals surface area contributed by atoms with Gasteiger partial charge in [0.15, 0.2) is 0 Å². The zero-order valence-corrected chi connectivity index (χ0v) is 19.1. The molecule has 29 heavy (non-hydrogen) atoms. The molecule has 0 rings (SSSR count). The predicted octanol–water partition coefficient (Wildman–Crippen LogP) is 3.06. The quantitative estimate of drug-likeness (QED) is 0.298. The van der Waals surface area contributed by atoms with Crippen molar-refractivity contribution in [2.45, 2.75) is 78.7 Å². The SMILES string of the molecule is CCCOCCOCCOCCNC(=O)CCCCCC(C)C(C)NC(=O)CC. The van der Waals surface area contributed by atoms with Crippen molar-refractivity contribution in [2.75, 3.05) is 46.2 Å². The average molecular weight is 417 g/mol. The van der Waals surface area contributed by atoms with Crippen LogP contribution in [0.4, 0.5) is 0 Å². The molecule has 0 saturated carbocycles. The van der Waals surface area contributed by atoms with Gasteiger partial charge in [-0.05, 0) is 32.1 Å². The summed E-state index contributed by atoms with van der Waals surface area (Å²) in [5, 5.41) is 5.90. The first-order valence-corrected chi connectivity index (χ1v) is 11.3. The van der Waals surface area contributed by atoms with Crippen LogP contribution in [0.15, 0.2) is 0 Å². The van der Waals surface area contributed by atoms with Gasteiger partial charge >= 0.3 is 0 Å². The van der Waals surface area contributed by atoms with Crippen molar-refractivity contribution < 1.29 is 23.8 Å². The topological polar surface area (TPSA) is 85.9 Å². The maximum Gasteiger partial charge on any atom is 0.220 e. The third-order valence-electron chi connectivity index (χ3n) is 4.79. The molecule has 0 fully saturated rings. The molecule has 0 radical (unpaired) electrons. The van der Waals surface area contributed by atoms with E-state index in [0.717, 1.165) is 38.7 Å². The highest BCUT2D eigenvalue weighted by Gasteiger charge is 2.13. The Kier molecular flexibility index (Phi) is 19.3. The second kappa shape index (κ2) is 20.1. The van der Waals surface area contributed by atoms with Gasteiger partial charge < -0.3 is 24.8 Å². The first-order chi connectivity index (χ1) is 14.0. The summed E-state index contributed by atoms with van der Waals surface area (Å²) >= 11 is 0. The largest absolute Gasteiger partial charge is 0.379 e. The van der Waals surface area contributed by atoms with Gasteiger partial charge in [0.05, 0.1) is 33.0 Å². The van der Waals surface area contributed by atoms with E-state index in [-0.39, 0.29) is 17.9 Å². The van der Waals surface area contributed by atoms with E-state index in [4.69, 9.17) is 14.2 Å². The van der Waals surface area contributed by atoms with Gasteiger partial charge in [-0.3, -0.25) is 9.59 Å². The molecule has 0 aromatic heterocycles. The third-order valence-corrected chi connectivity index (χ3v) is 4.79. The van der Waals surface area contributed by atoms with E-state index < -0.39 is 0 Å². The zero-order valence-electron chi connectivity index (χ0n) is 19.1. The molecule has 7 nitrogen and oxygen atoms in total. The van der Waals surface area contributed by atoms with Crippen molar-refractivity contribution in [2.24, 2.45) is 5.92 Å². The van der Waals surface area contributed by atoms with Gasteiger partial charge in [-0.25, -0.2) is 0 Å². The Balaban J connectivity index is 3.41. The first kappa shape index (κ1) is 27.8. The lowest BCUT2D eigenvalue weighted by Gasteiger charge is -2.21. The van der Waals surface area contributed by atoms with Gasteiger partial charge in [0.25, 0.3) is 0 Å². The van der Waals surface area contributed by atoms with Crippen LogP contribution in [0.1, 0.15) is 72.6 Å². The Hall–Kier alpha value is -1.18. The van der Waals surface area contributed by atoms with Crippen molar-refractivity contribution in [3.8, 4) is 0 Å². The number of carbonyl (C=O) groups excluding carboxylic acids is 2. The van der Waals surface area contributed by atoms with Crippen LogP contribution in [-0.2, 0) is 23.8 Å². The van der Waals surface area contributed by atoms with Gasteiger partial charge in [0.2, 0.25) is 11.8 Å². The number of rotatable bonds is 20. The maximum absolute atomic E-state index is 11.8. The number of ether oxygens (including phenoxy) is 3. The minimum Gasteiger partial charge on any atom is -0.379 e. The van der Waals surface area contributed by atoms with E-state index >= 15 is 0 Å². The summed E-state index contributed by atoms with van der Waals surface area (Å²) in [7, 11) is 0. The smallest absolute Gasteiger partial charge is 0.220 e. The van der Waals surface area contributed by atoms with Crippen LogP contribution in [-0.4, -0.2) is 64.0 Å². The standard InChI is InChI=1S/C22H44N2O5/c1-5-13-27-15-17-29-18-16-28-14-12-23-22(26)11-9-7-8-10-19(3)20(4)24-21(25)6-2/h19-20H,5-18H2,1-4H3,(H,23,26)(H,24,25). The van der Waals surface area contributed by atoms with Crippen LogP contribution in [0.2, 0.25) is 0 Å². The Morgan fingerprint density at radius 3 is 2.03 bits per heavy atom. The van der Waals surface area contributed by atoms with Gasteiger partial charge in [-0.2, -0.15) is 0 Å². The van der Waals surface area contributed by atoms with Gasteiger partial charge in [-0.15, -0.1) is 0 Å². The molecule has 0 heterocycles. The predicted molar refractivity (Wildman–Crippen MR) is 116 cm³/mol. The summed E-state index contributed by atoms with van der Waals surface area (Å²) in [5.41, 5.74) is 0. The molecule has 7 heteroatoms. The molecule has 0 aromatic carbocycles. The lowest BCUT2D eigenvalue weighted by atomic mass is 9.96. The van der Waals surface area contributed by atoms with Crippen molar-refractivity contribution in [1.29, 1.82) is 0 Å². The van der Waals surface area contributed by atoms with E-state index in [2.05, 4.69) is 31.4 Å². The molecule has 2 unspecified atom stereocenters. The van der Waals surface area contributed by atoms with E-state index in [1.54, 1.807) is 0 Å². The fraction of sp³-hybridized carbons (Fsp3) is 0.909. The molecule has 0 aromatic rings. The highest BCUT2D eigenvalue weighted by molar-refractivity contribution is 5.76. The summed E-state index contributed by atoms with van der Waals surface area (Å²) in [6, 6.07) is 0.200. The van der Waals surface area contributed by atoms with Crippen LogP contribution in [0.5, 0.6) is 0 Å². The van der Waals surface area contributed by atoms with Gasteiger partial charge in [0, 0.05) is 32.0 Å². The fourth-order valence-corrected chi connectivity index (χ4v) is 2.71. The molecular weight excluding hydrogens is 372 g/mol. The molecule has 0 spiro atoms. The molecule has 0 bridgehead atoms. The van der Waals surface area contributed by atoms with Crippen LogP contribution in [0, 0.1) is 5.92 Å². The van der Waals surface area contributed by atoms with E-state index in [1.807, 2.05) is 6.92 Å². The molecule has 2 N–H and O–H groups in total. The third kappa shape index (κ3) is 18.6. The van der Waals surface area contributed by atoms with Crippen LogP contribution >= 0.6 is 0 Å². The summed E-state index contributed by atoms with van der Waals surface area (Å²) in [6.07, 6.45) is 6.16. The van der Waals surface area contributed by atoms with Crippen molar-refractivity contribution in [3.63, 3.8) is 0 Å². The average Bonchev–Trinajstić information content (AvgIpc) is 2.71. The number of unbranched alkanes of at least 4 members (excludes halogenated alkanes) is 2. The van der Waals surface area contributed by atoms with Crippen molar-refractivity contribution in [3.05, 3.63) is 0 Å². The minimum absolute atomic E-state index is 0.0783. The van der Waals surface area contributed by atoms with E-state index in [1.165, 1.54) is 0 Å². The maximum atomic E-state index is 11.8. The molecule has 0 aliphatic carbocycles. The lowest BCUT2D eigenvalue weighted by molar-refractivity contribution is -0.122. The highest BCUT2D eigenvalue weighted by atomic mass is 16.5. The Bertz CT molecular complexity index is 407. The van der Waals surface area contributed by atoms with E-state index in [0.29, 0.717) is 58.3 Å². The molecule has 0 saturated heterocycles. The summed E-state index contributed by atoms with van der Waals surface area (Å²) in [6.45, 7) is 12.3. The van der Waals surface area contributed by atoms with Crippen LogP contribution < -0.4 is 10.6 Å². The summed E-state index contributed by atoms with van der Waals surface area (Å²) in [5.74, 6) is 0.633. The number of hydrogen-bond donors (Lipinski definition) is 2. The molecule has 172 valence electrons. The normalized spacial score (nSPS) is 13.1. The second-order valence-electron chi connectivity index (χ2n) is 7.47. The second-order valence-corrected chi connectivity index (χ2v) is 7.47. The minimum atomic E-state index is 0.0783. The van der Waals surface area contributed by atoms with E-state index in [9.17, 15) is 9.59 Å². The first-order valence-electron chi connectivity index (χ1n) is 11.3. The number of nitrogens with one attached hydrogen (secondary N) is 2. The fourth-order valence-electron chi connectivity index (χ4n) is 2.71. The Labute approximate surface area is 177 Å². The zero-order chi connectivity index (χ0) is 21.7. The van der Waals surface area contributed by atoms with Crippen molar-refractivity contribution in [1.82, 2.24) is 10.6 Å². The molecular formula is C22H44N2O5. The Morgan fingerprint density at radius 2 is 1.41 bits per heavy atom.